The number of carbonyl (C=O) groups is 1. The number of rotatable bonds is 6. The maximum Gasteiger partial charge on any atom is 0.261 e. The molecule has 0 amide bonds. The summed E-state index contributed by atoms with van der Waals surface area (Å²) in [6.07, 6.45) is 4.39. The summed E-state index contributed by atoms with van der Waals surface area (Å²) in [6, 6.07) is 12.3. The van der Waals surface area contributed by atoms with E-state index in [1.54, 1.807) is 31.3 Å². The fraction of sp³-hybridized carbons (Fsp3) is 0.0870. The standard InChI is InChI=1S/C23H18ClN3O4S/c1-14-9-17(12-25-11-14)22(28)20-10-18(24)5-8-21(20)27-32(29,30)19-6-3-16(4-7-19)23-15(2)26-13-31-23/h3-13,27H,1-2H3. The molecule has 0 saturated carbocycles. The summed E-state index contributed by atoms with van der Waals surface area (Å²) in [4.78, 5) is 21.2. The maximum atomic E-state index is 13.1. The van der Waals surface area contributed by atoms with Crippen LogP contribution in [0.2, 0.25) is 5.02 Å². The molecule has 32 heavy (non-hydrogen) atoms. The molecule has 0 spiro atoms. The number of anilines is 1. The molecule has 2 aromatic heterocycles. The van der Waals surface area contributed by atoms with Gasteiger partial charge in [0.1, 0.15) is 0 Å². The number of aromatic nitrogens is 2. The van der Waals surface area contributed by atoms with Crippen molar-refractivity contribution < 1.29 is 17.6 Å². The van der Waals surface area contributed by atoms with Gasteiger partial charge in [-0.15, -0.1) is 0 Å². The van der Waals surface area contributed by atoms with Crippen LogP contribution in [0.15, 0.2) is 76.6 Å². The Morgan fingerprint density at radius 2 is 1.78 bits per heavy atom. The van der Waals surface area contributed by atoms with Crippen LogP contribution >= 0.6 is 11.6 Å². The molecular weight excluding hydrogens is 450 g/mol. The van der Waals surface area contributed by atoms with E-state index in [9.17, 15) is 13.2 Å². The molecule has 4 rings (SSSR count). The third kappa shape index (κ3) is 4.42. The van der Waals surface area contributed by atoms with Crippen LogP contribution in [0, 0.1) is 13.8 Å². The molecule has 0 unspecified atom stereocenters. The van der Waals surface area contributed by atoms with E-state index in [-0.39, 0.29) is 16.1 Å². The Morgan fingerprint density at radius 1 is 1.03 bits per heavy atom. The number of benzene rings is 2. The van der Waals surface area contributed by atoms with Crippen LogP contribution in [0.25, 0.3) is 11.3 Å². The monoisotopic (exact) mass is 467 g/mol. The van der Waals surface area contributed by atoms with Gasteiger partial charge in [-0.3, -0.25) is 14.5 Å². The van der Waals surface area contributed by atoms with Crippen LogP contribution in [0.4, 0.5) is 5.69 Å². The first-order valence-electron chi connectivity index (χ1n) is 9.54. The lowest BCUT2D eigenvalue weighted by Gasteiger charge is -2.13. The molecule has 2 aromatic carbocycles. The van der Waals surface area contributed by atoms with Crippen molar-refractivity contribution in [2.75, 3.05) is 4.72 Å². The minimum absolute atomic E-state index is 0.0315. The molecule has 1 N–H and O–H groups in total. The van der Waals surface area contributed by atoms with Crippen LogP contribution < -0.4 is 4.72 Å². The zero-order chi connectivity index (χ0) is 22.9. The zero-order valence-electron chi connectivity index (χ0n) is 17.2. The smallest absolute Gasteiger partial charge is 0.261 e. The van der Waals surface area contributed by atoms with Crippen LogP contribution in [0.3, 0.4) is 0 Å². The first-order chi connectivity index (χ1) is 15.2. The van der Waals surface area contributed by atoms with Crippen LogP contribution in [-0.4, -0.2) is 24.2 Å². The zero-order valence-corrected chi connectivity index (χ0v) is 18.7. The highest BCUT2D eigenvalue weighted by atomic mass is 35.5. The van der Waals surface area contributed by atoms with Gasteiger partial charge in [0, 0.05) is 34.1 Å². The minimum Gasteiger partial charge on any atom is -0.443 e. The van der Waals surface area contributed by atoms with E-state index < -0.39 is 15.8 Å². The Bertz CT molecular complexity index is 1410. The van der Waals surface area contributed by atoms with Crippen molar-refractivity contribution >= 4 is 33.1 Å². The minimum atomic E-state index is -3.98. The highest BCUT2D eigenvalue weighted by Crippen LogP contribution is 2.28. The summed E-state index contributed by atoms with van der Waals surface area (Å²) >= 11 is 6.09. The largest absolute Gasteiger partial charge is 0.443 e. The molecule has 0 atom stereocenters. The highest BCUT2D eigenvalue weighted by Gasteiger charge is 2.21. The summed E-state index contributed by atoms with van der Waals surface area (Å²) in [6.45, 7) is 3.61. The Kier molecular flexibility index (Phi) is 5.82. The van der Waals surface area contributed by atoms with E-state index in [1.807, 2.05) is 6.92 Å². The van der Waals surface area contributed by atoms with Gasteiger partial charge in [0.05, 0.1) is 16.3 Å². The van der Waals surface area contributed by atoms with Crippen molar-refractivity contribution in [3.05, 3.63) is 94.7 Å². The number of carbonyl (C=O) groups excluding carboxylic acids is 1. The van der Waals surface area contributed by atoms with Crippen molar-refractivity contribution in [2.45, 2.75) is 18.7 Å². The Hall–Kier alpha value is -3.49. The summed E-state index contributed by atoms with van der Waals surface area (Å²) in [7, 11) is -3.98. The van der Waals surface area contributed by atoms with Gasteiger partial charge in [-0.1, -0.05) is 11.6 Å². The van der Waals surface area contributed by atoms with Gasteiger partial charge in [-0.2, -0.15) is 0 Å². The Labute approximate surface area is 190 Å². The predicted octanol–water partition coefficient (Wildman–Crippen LogP) is 5.04. The van der Waals surface area contributed by atoms with E-state index in [4.69, 9.17) is 16.0 Å². The van der Waals surface area contributed by atoms with Gasteiger partial charge in [0.25, 0.3) is 10.0 Å². The van der Waals surface area contributed by atoms with Gasteiger partial charge >= 0.3 is 0 Å². The first kappa shape index (κ1) is 21.7. The summed E-state index contributed by atoms with van der Waals surface area (Å²) in [5.41, 5.74) is 2.79. The molecule has 162 valence electrons. The second-order valence-electron chi connectivity index (χ2n) is 7.17. The lowest BCUT2D eigenvalue weighted by atomic mass is 10.0. The molecule has 0 aliphatic heterocycles. The summed E-state index contributed by atoms with van der Waals surface area (Å²) in [5.74, 6) is 0.178. The number of hydrogen-bond donors (Lipinski definition) is 1. The molecule has 9 heteroatoms. The molecule has 0 bridgehead atoms. The molecule has 4 aromatic rings. The number of aryl methyl sites for hydroxylation is 2. The third-order valence-electron chi connectivity index (χ3n) is 4.78. The predicted molar refractivity (Wildman–Crippen MR) is 121 cm³/mol. The Balaban J connectivity index is 1.66. The summed E-state index contributed by atoms with van der Waals surface area (Å²) in [5, 5.41) is 0.309. The molecule has 0 aliphatic carbocycles. The van der Waals surface area contributed by atoms with Crippen molar-refractivity contribution in [1.82, 2.24) is 9.97 Å². The third-order valence-corrected chi connectivity index (χ3v) is 6.40. The van der Waals surface area contributed by atoms with Crippen molar-refractivity contribution in [3.8, 4) is 11.3 Å². The molecule has 0 saturated heterocycles. The number of nitrogens with zero attached hydrogens (tertiary/aromatic N) is 2. The molecule has 0 fully saturated rings. The number of ketones is 1. The molecule has 7 nitrogen and oxygen atoms in total. The number of hydrogen-bond acceptors (Lipinski definition) is 6. The average Bonchev–Trinajstić information content (AvgIpc) is 3.20. The normalized spacial score (nSPS) is 11.3. The average molecular weight is 468 g/mol. The number of halogens is 1. The van der Waals surface area contributed by atoms with E-state index >= 15 is 0 Å². The number of nitrogens with one attached hydrogen (secondary N) is 1. The fourth-order valence-electron chi connectivity index (χ4n) is 3.20. The molecule has 0 aliphatic rings. The van der Waals surface area contributed by atoms with Crippen molar-refractivity contribution in [3.63, 3.8) is 0 Å². The Morgan fingerprint density at radius 3 is 2.44 bits per heavy atom. The fourth-order valence-corrected chi connectivity index (χ4v) is 4.45. The van der Waals surface area contributed by atoms with Gasteiger partial charge in [-0.05, 0) is 67.9 Å². The van der Waals surface area contributed by atoms with Crippen molar-refractivity contribution in [1.29, 1.82) is 0 Å². The van der Waals surface area contributed by atoms with Gasteiger partial charge < -0.3 is 4.42 Å². The quantitative estimate of drug-likeness (QED) is 0.398. The maximum absolute atomic E-state index is 13.1. The SMILES string of the molecule is Cc1cncc(C(=O)c2cc(Cl)ccc2NS(=O)(=O)c2ccc(-c3ocnc3C)cc2)c1. The van der Waals surface area contributed by atoms with Crippen LogP contribution in [0.1, 0.15) is 27.2 Å². The van der Waals surface area contributed by atoms with Crippen LogP contribution in [0.5, 0.6) is 0 Å². The van der Waals surface area contributed by atoms with E-state index in [0.717, 1.165) is 5.56 Å². The van der Waals surface area contributed by atoms with E-state index in [2.05, 4.69) is 14.7 Å². The van der Waals surface area contributed by atoms with Gasteiger partial charge in [-0.25, -0.2) is 13.4 Å². The first-order valence-corrected chi connectivity index (χ1v) is 11.4. The van der Waals surface area contributed by atoms with E-state index in [0.29, 0.717) is 27.6 Å². The molecule has 0 radical (unpaired) electrons. The number of pyridine rings is 1. The van der Waals surface area contributed by atoms with Crippen LogP contribution in [-0.2, 0) is 10.0 Å². The summed E-state index contributed by atoms with van der Waals surface area (Å²) < 4.78 is 33.9. The topological polar surface area (TPSA) is 102 Å². The molecule has 2 heterocycles. The lowest BCUT2D eigenvalue weighted by molar-refractivity contribution is 0.103. The lowest BCUT2D eigenvalue weighted by Crippen LogP contribution is -2.16. The van der Waals surface area contributed by atoms with Crippen molar-refractivity contribution in [2.24, 2.45) is 0 Å². The molecular formula is C23H18ClN3O4S. The van der Waals surface area contributed by atoms with Gasteiger partial charge in [0.15, 0.2) is 17.9 Å². The number of sulfonamides is 1. The number of oxazole rings is 1. The van der Waals surface area contributed by atoms with E-state index in [1.165, 1.54) is 42.9 Å². The highest BCUT2D eigenvalue weighted by molar-refractivity contribution is 7.92. The second-order valence-corrected chi connectivity index (χ2v) is 9.29. The second kappa shape index (κ2) is 8.57. The van der Waals surface area contributed by atoms with Gasteiger partial charge in [0.2, 0.25) is 0 Å².